The van der Waals surface area contributed by atoms with Gasteiger partial charge in [-0.05, 0) is 59.7 Å². The van der Waals surface area contributed by atoms with Crippen LogP contribution < -0.4 is 4.90 Å². The quantitative estimate of drug-likeness (QED) is 0.473. The van der Waals surface area contributed by atoms with Crippen LogP contribution in [-0.4, -0.2) is 53.5 Å². The highest BCUT2D eigenvalue weighted by molar-refractivity contribution is 8.00. The lowest BCUT2D eigenvalue weighted by atomic mass is 10.1. The fraction of sp³-hybridized carbons (Fsp3) is 0.259. The molecule has 0 saturated carbocycles. The van der Waals surface area contributed by atoms with Gasteiger partial charge >= 0.3 is 0 Å². The maximum atomic E-state index is 13.2. The molecule has 5 nitrogen and oxygen atoms in total. The van der Waals surface area contributed by atoms with Crippen molar-refractivity contribution in [3.63, 3.8) is 0 Å². The predicted octanol–water partition coefficient (Wildman–Crippen LogP) is 5.22. The SMILES string of the molecule is O=C(c1ccc([C@@H]2SCC(=O)N2Cc2ccc(Cl)cc2)cc1)N1CCN(c2ccc(F)cc2)CC1. The van der Waals surface area contributed by atoms with Crippen LogP contribution in [0.3, 0.4) is 0 Å². The molecular formula is C27H25ClFN3O2S. The number of halogens is 2. The summed E-state index contributed by atoms with van der Waals surface area (Å²) in [6, 6.07) is 21.6. The minimum Gasteiger partial charge on any atom is -0.368 e. The van der Waals surface area contributed by atoms with Crippen molar-refractivity contribution in [2.75, 3.05) is 36.8 Å². The van der Waals surface area contributed by atoms with Gasteiger partial charge in [0.25, 0.3) is 5.91 Å². The Kier molecular flexibility index (Phi) is 6.97. The van der Waals surface area contributed by atoms with Crippen molar-refractivity contribution in [3.05, 3.63) is 100 Å². The van der Waals surface area contributed by atoms with Gasteiger partial charge in [-0.2, -0.15) is 0 Å². The van der Waals surface area contributed by atoms with Gasteiger partial charge in [-0.25, -0.2) is 4.39 Å². The monoisotopic (exact) mass is 509 g/mol. The smallest absolute Gasteiger partial charge is 0.253 e. The minimum atomic E-state index is -0.250. The van der Waals surface area contributed by atoms with E-state index in [1.54, 1.807) is 23.9 Å². The third kappa shape index (κ3) is 5.31. The summed E-state index contributed by atoms with van der Waals surface area (Å²) in [4.78, 5) is 31.5. The van der Waals surface area contributed by atoms with E-state index in [-0.39, 0.29) is 23.0 Å². The summed E-state index contributed by atoms with van der Waals surface area (Å²) < 4.78 is 13.2. The molecule has 3 aromatic carbocycles. The van der Waals surface area contributed by atoms with E-state index < -0.39 is 0 Å². The van der Waals surface area contributed by atoms with E-state index in [1.165, 1.54) is 12.1 Å². The molecule has 2 heterocycles. The van der Waals surface area contributed by atoms with E-state index >= 15 is 0 Å². The van der Waals surface area contributed by atoms with Crippen molar-refractivity contribution in [1.29, 1.82) is 0 Å². The number of amides is 2. The molecule has 35 heavy (non-hydrogen) atoms. The Bertz CT molecular complexity index is 1200. The number of anilines is 1. The van der Waals surface area contributed by atoms with Crippen LogP contribution in [-0.2, 0) is 11.3 Å². The topological polar surface area (TPSA) is 43.9 Å². The van der Waals surface area contributed by atoms with Gasteiger partial charge in [0.15, 0.2) is 0 Å². The third-order valence-electron chi connectivity index (χ3n) is 6.44. The van der Waals surface area contributed by atoms with E-state index in [9.17, 15) is 14.0 Å². The molecule has 0 aromatic heterocycles. The Balaban J connectivity index is 1.22. The average molecular weight is 510 g/mol. The van der Waals surface area contributed by atoms with Gasteiger partial charge in [-0.3, -0.25) is 9.59 Å². The summed E-state index contributed by atoms with van der Waals surface area (Å²) in [6.45, 7) is 3.15. The van der Waals surface area contributed by atoms with E-state index in [4.69, 9.17) is 11.6 Å². The fourth-order valence-electron chi connectivity index (χ4n) is 4.48. The number of rotatable bonds is 5. The number of nitrogens with zero attached hydrogens (tertiary/aromatic N) is 3. The second-order valence-electron chi connectivity index (χ2n) is 8.69. The molecule has 0 bridgehead atoms. The molecule has 0 unspecified atom stereocenters. The zero-order valence-corrected chi connectivity index (χ0v) is 20.6. The first-order valence-corrected chi connectivity index (χ1v) is 13.0. The van der Waals surface area contributed by atoms with Gasteiger partial charge in [0.1, 0.15) is 11.2 Å². The molecular weight excluding hydrogens is 485 g/mol. The summed E-state index contributed by atoms with van der Waals surface area (Å²) in [5, 5.41) is 0.589. The zero-order chi connectivity index (χ0) is 24.4. The van der Waals surface area contributed by atoms with Crippen molar-refractivity contribution in [2.45, 2.75) is 11.9 Å². The Hall–Kier alpha value is -3.03. The van der Waals surface area contributed by atoms with Crippen LogP contribution in [0.5, 0.6) is 0 Å². The standard InChI is InChI=1S/C27H25ClFN3O2S/c28-22-7-1-19(2-8-22)17-32-25(33)18-35-27(32)21-5-3-20(4-6-21)26(34)31-15-13-30(14-16-31)24-11-9-23(29)10-12-24/h1-12,27H,13-18H2/t27-/m0/s1. The summed E-state index contributed by atoms with van der Waals surface area (Å²) in [7, 11) is 0. The van der Waals surface area contributed by atoms with Crippen LogP contribution in [0.1, 0.15) is 26.9 Å². The predicted molar refractivity (Wildman–Crippen MR) is 138 cm³/mol. The second-order valence-corrected chi connectivity index (χ2v) is 10.2. The molecule has 180 valence electrons. The molecule has 0 radical (unpaired) electrons. The largest absolute Gasteiger partial charge is 0.368 e. The van der Waals surface area contributed by atoms with Crippen molar-refractivity contribution in [1.82, 2.24) is 9.80 Å². The molecule has 2 amide bonds. The van der Waals surface area contributed by atoms with Gasteiger partial charge in [0.05, 0.1) is 5.75 Å². The Labute approximate surface area is 213 Å². The number of hydrogen-bond donors (Lipinski definition) is 0. The first-order chi connectivity index (χ1) is 17.0. The first kappa shape index (κ1) is 23.7. The molecule has 5 rings (SSSR count). The molecule has 2 aliphatic rings. The minimum absolute atomic E-state index is 0.00322. The number of benzene rings is 3. The van der Waals surface area contributed by atoms with E-state index in [0.29, 0.717) is 49.1 Å². The summed E-state index contributed by atoms with van der Waals surface area (Å²) in [5.74, 6) is 0.300. The summed E-state index contributed by atoms with van der Waals surface area (Å²) in [6.07, 6.45) is 0. The molecule has 2 aliphatic heterocycles. The van der Waals surface area contributed by atoms with Crippen LogP contribution in [0.4, 0.5) is 10.1 Å². The Morgan fingerprint density at radius 2 is 1.57 bits per heavy atom. The number of carbonyl (C=O) groups is 2. The molecule has 3 aromatic rings. The maximum Gasteiger partial charge on any atom is 0.253 e. The highest BCUT2D eigenvalue weighted by Gasteiger charge is 2.33. The number of piperazine rings is 1. The van der Waals surface area contributed by atoms with Gasteiger partial charge in [-0.1, -0.05) is 35.9 Å². The Morgan fingerprint density at radius 1 is 0.914 bits per heavy atom. The molecule has 2 fully saturated rings. The van der Waals surface area contributed by atoms with Crippen LogP contribution >= 0.6 is 23.4 Å². The van der Waals surface area contributed by atoms with Crippen molar-refractivity contribution >= 4 is 40.9 Å². The van der Waals surface area contributed by atoms with Crippen LogP contribution in [0.2, 0.25) is 5.02 Å². The van der Waals surface area contributed by atoms with Gasteiger partial charge in [0.2, 0.25) is 5.91 Å². The molecule has 0 aliphatic carbocycles. The lowest BCUT2D eigenvalue weighted by Crippen LogP contribution is -2.48. The second kappa shape index (κ2) is 10.3. The van der Waals surface area contributed by atoms with Gasteiger partial charge in [0, 0.05) is 49.0 Å². The van der Waals surface area contributed by atoms with Gasteiger partial charge in [-0.15, -0.1) is 11.8 Å². The van der Waals surface area contributed by atoms with E-state index in [2.05, 4.69) is 4.90 Å². The first-order valence-electron chi connectivity index (χ1n) is 11.5. The van der Waals surface area contributed by atoms with E-state index in [1.807, 2.05) is 58.3 Å². The van der Waals surface area contributed by atoms with Crippen LogP contribution in [0.25, 0.3) is 0 Å². The zero-order valence-electron chi connectivity index (χ0n) is 19.1. The average Bonchev–Trinajstić information content (AvgIpc) is 3.25. The summed E-state index contributed by atoms with van der Waals surface area (Å²) in [5.41, 5.74) is 3.64. The number of hydrogen-bond acceptors (Lipinski definition) is 4. The molecule has 8 heteroatoms. The number of carbonyl (C=O) groups excluding carboxylic acids is 2. The molecule has 0 spiro atoms. The van der Waals surface area contributed by atoms with Crippen molar-refractivity contribution in [3.8, 4) is 0 Å². The lowest BCUT2D eigenvalue weighted by molar-refractivity contribution is -0.128. The van der Waals surface area contributed by atoms with Crippen LogP contribution in [0.15, 0.2) is 72.8 Å². The third-order valence-corrected chi connectivity index (χ3v) is 7.94. The Morgan fingerprint density at radius 3 is 2.23 bits per heavy atom. The molecule has 1 atom stereocenters. The van der Waals surface area contributed by atoms with E-state index in [0.717, 1.165) is 16.8 Å². The highest BCUT2D eigenvalue weighted by Crippen LogP contribution is 2.39. The summed E-state index contributed by atoms with van der Waals surface area (Å²) >= 11 is 7.59. The van der Waals surface area contributed by atoms with Gasteiger partial charge < -0.3 is 14.7 Å². The normalized spacial score (nSPS) is 18.3. The highest BCUT2D eigenvalue weighted by atomic mass is 35.5. The fourth-order valence-corrected chi connectivity index (χ4v) is 5.79. The maximum absolute atomic E-state index is 13.2. The lowest BCUT2D eigenvalue weighted by Gasteiger charge is -2.36. The van der Waals surface area contributed by atoms with Crippen molar-refractivity contribution < 1.29 is 14.0 Å². The van der Waals surface area contributed by atoms with Crippen LogP contribution in [0, 0.1) is 5.82 Å². The molecule has 0 N–H and O–H groups in total. The van der Waals surface area contributed by atoms with Crippen molar-refractivity contribution in [2.24, 2.45) is 0 Å². The molecule has 2 saturated heterocycles. The number of thioether (sulfide) groups is 1.